The van der Waals surface area contributed by atoms with E-state index in [-0.39, 0.29) is 11.8 Å². The second-order valence-corrected chi connectivity index (χ2v) is 6.17. The number of nitrogens with zero attached hydrogens (tertiary/aromatic N) is 1. The van der Waals surface area contributed by atoms with Crippen LogP contribution in [0, 0.1) is 11.8 Å². The molecule has 0 radical (unpaired) electrons. The number of rotatable bonds is 1. The van der Waals surface area contributed by atoms with Gasteiger partial charge in [0.1, 0.15) is 12.4 Å². The lowest BCUT2D eigenvalue weighted by atomic mass is 9.95. The molecular weight excluding hydrogens is 252 g/mol. The third-order valence-electron chi connectivity index (χ3n) is 4.90. The normalized spacial score (nSPS) is 31.6. The average molecular weight is 272 g/mol. The summed E-state index contributed by atoms with van der Waals surface area (Å²) in [4.78, 5) is 14.7. The Labute approximate surface area is 119 Å². The van der Waals surface area contributed by atoms with Gasteiger partial charge in [-0.05, 0) is 36.9 Å². The molecule has 2 fully saturated rings. The van der Waals surface area contributed by atoms with Crippen molar-refractivity contribution < 1.29 is 9.53 Å². The molecule has 0 aromatic heterocycles. The minimum Gasteiger partial charge on any atom is -0.492 e. The van der Waals surface area contributed by atoms with Gasteiger partial charge in [-0.3, -0.25) is 4.79 Å². The average Bonchev–Trinajstić information content (AvgIpc) is 3.07. The van der Waals surface area contributed by atoms with Crippen molar-refractivity contribution in [2.24, 2.45) is 11.8 Å². The summed E-state index contributed by atoms with van der Waals surface area (Å²) in [5.74, 6) is 1.87. The zero-order valence-corrected chi connectivity index (χ0v) is 11.5. The van der Waals surface area contributed by atoms with E-state index in [1.54, 1.807) is 0 Å². The first-order valence-corrected chi connectivity index (χ1v) is 7.54. The lowest BCUT2D eigenvalue weighted by Crippen LogP contribution is -2.41. The van der Waals surface area contributed by atoms with Crippen LogP contribution in [0.5, 0.6) is 5.75 Å². The highest BCUT2D eigenvalue weighted by atomic mass is 16.5. The third-order valence-corrected chi connectivity index (χ3v) is 4.90. The van der Waals surface area contributed by atoms with Gasteiger partial charge in [-0.25, -0.2) is 0 Å². The molecule has 3 atom stereocenters. The van der Waals surface area contributed by atoms with Gasteiger partial charge in [-0.15, -0.1) is 0 Å². The van der Waals surface area contributed by atoms with Crippen LogP contribution in [-0.4, -0.2) is 43.1 Å². The van der Waals surface area contributed by atoms with Crippen LogP contribution in [0.15, 0.2) is 24.3 Å². The standard InChI is InChI=1S/C16H20N2O2/c19-16(18-8-12-5-6-17-14(12)9-18)13-7-11-3-1-2-4-15(11)20-10-13/h1-4,12-14,17H,5-10H2/t12-,13?,14+/m0/s1. The summed E-state index contributed by atoms with van der Waals surface area (Å²) >= 11 is 0. The van der Waals surface area contributed by atoms with Crippen molar-refractivity contribution in [3.63, 3.8) is 0 Å². The summed E-state index contributed by atoms with van der Waals surface area (Å²) < 4.78 is 5.75. The Kier molecular flexibility index (Phi) is 2.91. The van der Waals surface area contributed by atoms with E-state index in [1.165, 1.54) is 6.42 Å². The highest BCUT2D eigenvalue weighted by molar-refractivity contribution is 5.80. The Balaban J connectivity index is 1.45. The number of benzene rings is 1. The molecule has 1 aromatic carbocycles. The quantitative estimate of drug-likeness (QED) is 0.831. The second-order valence-electron chi connectivity index (χ2n) is 6.17. The summed E-state index contributed by atoms with van der Waals surface area (Å²) in [6.07, 6.45) is 2.02. The van der Waals surface area contributed by atoms with Gasteiger partial charge in [0.15, 0.2) is 0 Å². The fraction of sp³-hybridized carbons (Fsp3) is 0.562. The zero-order valence-electron chi connectivity index (χ0n) is 11.5. The molecule has 0 saturated carbocycles. The molecule has 2 saturated heterocycles. The summed E-state index contributed by atoms with van der Waals surface area (Å²) in [6, 6.07) is 8.57. The number of hydrogen-bond acceptors (Lipinski definition) is 3. The molecular formula is C16H20N2O2. The number of nitrogens with one attached hydrogen (secondary N) is 1. The van der Waals surface area contributed by atoms with Gasteiger partial charge in [0.25, 0.3) is 0 Å². The lowest BCUT2D eigenvalue weighted by molar-refractivity contribution is -0.136. The molecule has 3 heterocycles. The molecule has 0 aliphatic carbocycles. The minimum absolute atomic E-state index is 0.0104. The summed E-state index contributed by atoms with van der Waals surface area (Å²) in [7, 11) is 0. The van der Waals surface area contributed by atoms with Crippen molar-refractivity contribution in [3.05, 3.63) is 29.8 Å². The van der Waals surface area contributed by atoms with Crippen molar-refractivity contribution in [2.75, 3.05) is 26.2 Å². The molecule has 1 aromatic rings. The van der Waals surface area contributed by atoms with Crippen molar-refractivity contribution in [1.82, 2.24) is 10.2 Å². The third kappa shape index (κ3) is 1.99. The highest BCUT2D eigenvalue weighted by Crippen LogP contribution is 2.30. The molecule has 4 heteroatoms. The van der Waals surface area contributed by atoms with E-state index in [2.05, 4.69) is 11.4 Å². The number of fused-ring (bicyclic) bond motifs is 2. The van der Waals surface area contributed by atoms with E-state index < -0.39 is 0 Å². The first kappa shape index (κ1) is 12.2. The number of amides is 1. The number of carbonyl (C=O) groups excluding carboxylic acids is 1. The Hall–Kier alpha value is -1.55. The van der Waals surface area contributed by atoms with Crippen molar-refractivity contribution >= 4 is 5.91 Å². The van der Waals surface area contributed by atoms with Crippen LogP contribution in [0.2, 0.25) is 0 Å². The number of hydrogen-bond donors (Lipinski definition) is 1. The number of para-hydroxylation sites is 1. The van der Waals surface area contributed by atoms with Crippen LogP contribution in [0.4, 0.5) is 0 Å². The van der Waals surface area contributed by atoms with Crippen molar-refractivity contribution in [2.45, 2.75) is 18.9 Å². The monoisotopic (exact) mass is 272 g/mol. The molecule has 1 N–H and O–H groups in total. The van der Waals surface area contributed by atoms with E-state index in [9.17, 15) is 4.79 Å². The van der Waals surface area contributed by atoms with Gasteiger partial charge in [-0.1, -0.05) is 18.2 Å². The van der Waals surface area contributed by atoms with Crippen LogP contribution in [0.3, 0.4) is 0 Å². The van der Waals surface area contributed by atoms with Gasteiger partial charge in [-0.2, -0.15) is 0 Å². The fourth-order valence-electron chi connectivity index (χ4n) is 3.77. The maximum atomic E-state index is 12.7. The van der Waals surface area contributed by atoms with Gasteiger partial charge in [0.05, 0.1) is 5.92 Å². The van der Waals surface area contributed by atoms with E-state index in [4.69, 9.17) is 4.74 Å². The number of carbonyl (C=O) groups is 1. The Morgan fingerprint density at radius 1 is 1.30 bits per heavy atom. The smallest absolute Gasteiger partial charge is 0.229 e. The van der Waals surface area contributed by atoms with E-state index in [0.29, 0.717) is 18.6 Å². The van der Waals surface area contributed by atoms with Crippen LogP contribution in [0.1, 0.15) is 12.0 Å². The maximum Gasteiger partial charge on any atom is 0.229 e. The molecule has 3 aliphatic heterocycles. The minimum atomic E-state index is -0.0104. The largest absolute Gasteiger partial charge is 0.492 e. The van der Waals surface area contributed by atoms with Crippen LogP contribution in [-0.2, 0) is 11.2 Å². The summed E-state index contributed by atoms with van der Waals surface area (Å²) in [5, 5.41) is 3.50. The number of likely N-dealkylation sites (tertiary alicyclic amines) is 1. The molecule has 0 bridgehead atoms. The molecule has 1 amide bonds. The molecule has 20 heavy (non-hydrogen) atoms. The number of ether oxygens (including phenoxy) is 1. The van der Waals surface area contributed by atoms with E-state index in [0.717, 1.165) is 37.4 Å². The molecule has 106 valence electrons. The molecule has 0 spiro atoms. The van der Waals surface area contributed by atoms with Crippen molar-refractivity contribution in [3.8, 4) is 5.75 Å². The van der Waals surface area contributed by atoms with Crippen LogP contribution >= 0.6 is 0 Å². The molecule has 4 nitrogen and oxygen atoms in total. The molecule has 4 rings (SSSR count). The lowest BCUT2D eigenvalue weighted by Gasteiger charge is -2.28. The van der Waals surface area contributed by atoms with Crippen LogP contribution < -0.4 is 10.1 Å². The Bertz CT molecular complexity index is 519. The van der Waals surface area contributed by atoms with Gasteiger partial charge in [0.2, 0.25) is 5.91 Å². The van der Waals surface area contributed by atoms with Gasteiger partial charge >= 0.3 is 0 Å². The first-order chi connectivity index (χ1) is 9.81. The summed E-state index contributed by atoms with van der Waals surface area (Å²) in [5.41, 5.74) is 1.16. The first-order valence-electron chi connectivity index (χ1n) is 7.54. The second kappa shape index (κ2) is 4.77. The SMILES string of the molecule is O=C(C1COc2ccccc2C1)N1C[C@@H]2CCN[C@@H]2C1. The van der Waals surface area contributed by atoms with Gasteiger partial charge in [0, 0.05) is 19.1 Å². The Morgan fingerprint density at radius 2 is 2.20 bits per heavy atom. The Morgan fingerprint density at radius 3 is 3.10 bits per heavy atom. The zero-order chi connectivity index (χ0) is 13.5. The summed E-state index contributed by atoms with van der Waals surface area (Å²) in [6.45, 7) is 3.43. The van der Waals surface area contributed by atoms with E-state index >= 15 is 0 Å². The van der Waals surface area contributed by atoms with Crippen molar-refractivity contribution in [1.29, 1.82) is 0 Å². The maximum absolute atomic E-state index is 12.7. The molecule has 3 aliphatic rings. The van der Waals surface area contributed by atoms with Gasteiger partial charge < -0.3 is 15.0 Å². The van der Waals surface area contributed by atoms with E-state index in [1.807, 2.05) is 23.1 Å². The molecule has 1 unspecified atom stereocenters. The fourth-order valence-corrected chi connectivity index (χ4v) is 3.77. The predicted octanol–water partition coefficient (Wildman–Crippen LogP) is 1.06. The topological polar surface area (TPSA) is 41.6 Å². The predicted molar refractivity (Wildman–Crippen MR) is 75.6 cm³/mol. The van der Waals surface area contributed by atoms with Crippen LogP contribution in [0.25, 0.3) is 0 Å². The highest BCUT2D eigenvalue weighted by Gasteiger charge is 2.40.